The van der Waals surface area contributed by atoms with Crippen LogP contribution in [-0.4, -0.2) is 17.5 Å². The first-order valence-electron chi connectivity index (χ1n) is 6.37. The Morgan fingerprint density at radius 2 is 2.10 bits per heavy atom. The Kier molecular flexibility index (Phi) is 4.20. The summed E-state index contributed by atoms with van der Waals surface area (Å²) >= 11 is 0. The number of nitrogen functional groups attached to an aromatic ring is 1. The van der Waals surface area contributed by atoms with E-state index in [0.717, 1.165) is 21.6 Å². The molecule has 1 aromatic carbocycles. The number of para-hydroxylation sites is 1. The molecule has 1 heterocycles. The second kappa shape index (κ2) is 6.06. The van der Waals surface area contributed by atoms with E-state index in [9.17, 15) is 4.79 Å². The van der Waals surface area contributed by atoms with Gasteiger partial charge < -0.3 is 10.5 Å². The number of hydrogen-bond acceptors (Lipinski definition) is 4. The molecule has 2 aromatic rings. The van der Waals surface area contributed by atoms with Crippen LogP contribution in [0.1, 0.15) is 18.1 Å². The van der Waals surface area contributed by atoms with Crippen molar-refractivity contribution in [2.45, 2.75) is 13.8 Å². The Morgan fingerprint density at radius 3 is 2.80 bits per heavy atom. The minimum Gasteiger partial charge on any atom is -0.493 e. The van der Waals surface area contributed by atoms with Gasteiger partial charge >= 0.3 is 0 Å². The van der Waals surface area contributed by atoms with Gasteiger partial charge in [-0.05, 0) is 37.6 Å². The molecule has 20 heavy (non-hydrogen) atoms. The highest BCUT2D eigenvalue weighted by atomic mass is 16.5. The lowest BCUT2D eigenvalue weighted by Gasteiger charge is -2.07. The summed E-state index contributed by atoms with van der Waals surface area (Å²) in [5.74, 6) is 1.03. The molecule has 0 amide bonds. The third-order valence-electron chi connectivity index (χ3n) is 2.71. The van der Waals surface area contributed by atoms with E-state index in [4.69, 9.17) is 10.5 Å². The molecule has 0 unspecified atom stereocenters. The second-order valence-electron chi connectivity index (χ2n) is 4.32. The average Bonchev–Trinajstić information content (AvgIpc) is 2.39. The summed E-state index contributed by atoms with van der Waals surface area (Å²) in [6.07, 6.45) is 1.57. The fourth-order valence-electron chi connectivity index (χ4n) is 1.84. The molecular formula is C15H17N3O2. The Bertz CT molecular complexity index is 690. The zero-order chi connectivity index (χ0) is 14.5. The summed E-state index contributed by atoms with van der Waals surface area (Å²) in [6.45, 7) is 4.30. The molecule has 0 atom stereocenters. The molecule has 0 aliphatic rings. The number of nitrogens with zero attached hydrogens (tertiary/aromatic N) is 2. The van der Waals surface area contributed by atoms with Crippen LogP contribution in [0.15, 0.2) is 46.3 Å². The summed E-state index contributed by atoms with van der Waals surface area (Å²) < 4.78 is 6.66. The molecule has 0 fully saturated rings. The molecule has 5 nitrogen and oxygen atoms in total. The molecular weight excluding hydrogens is 254 g/mol. The molecule has 2 rings (SSSR count). The maximum Gasteiger partial charge on any atom is 0.273 e. The molecule has 0 radical (unpaired) electrons. The maximum atomic E-state index is 11.8. The predicted molar refractivity (Wildman–Crippen MR) is 80.5 cm³/mol. The van der Waals surface area contributed by atoms with E-state index >= 15 is 0 Å². The average molecular weight is 271 g/mol. The first-order chi connectivity index (χ1) is 9.61. The van der Waals surface area contributed by atoms with Gasteiger partial charge in [0.15, 0.2) is 0 Å². The standard InChI is InChI=1S/C15H17N3O2/c1-3-20-13-7-5-4-6-12(13)10-17-18-14(16)8-11(2)9-15(18)19/h4-10H,3,16H2,1-2H3/b17-10-. The molecule has 0 spiro atoms. The van der Waals surface area contributed by atoms with Crippen molar-refractivity contribution >= 4 is 12.0 Å². The van der Waals surface area contributed by atoms with Gasteiger partial charge in [0.1, 0.15) is 11.6 Å². The second-order valence-corrected chi connectivity index (χ2v) is 4.32. The predicted octanol–water partition coefficient (Wildman–Crippen LogP) is 2.02. The van der Waals surface area contributed by atoms with Crippen molar-refractivity contribution < 1.29 is 4.74 Å². The van der Waals surface area contributed by atoms with Crippen LogP contribution in [-0.2, 0) is 0 Å². The highest BCUT2D eigenvalue weighted by molar-refractivity contribution is 5.83. The quantitative estimate of drug-likeness (QED) is 0.865. The van der Waals surface area contributed by atoms with Crippen LogP contribution < -0.4 is 16.0 Å². The van der Waals surface area contributed by atoms with Crippen molar-refractivity contribution in [3.63, 3.8) is 0 Å². The van der Waals surface area contributed by atoms with E-state index in [0.29, 0.717) is 12.4 Å². The number of benzene rings is 1. The summed E-state index contributed by atoms with van der Waals surface area (Å²) in [5.41, 5.74) is 7.15. The number of aryl methyl sites for hydroxylation is 1. The van der Waals surface area contributed by atoms with Gasteiger partial charge in [-0.15, -0.1) is 0 Å². The van der Waals surface area contributed by atoms with Crippen LogP contribution in [0, 0.1) is 6.92 Å². The largest absolute Gasteiger partial charge is 0.493 e. The first kappa shape index (κ1) is 13.9. The highest BCUT2D eigenvalue weighted by Gasteiger charge is 2.02. The van der Waals surface area contributed by atoms with Gasteiger partial charge in [-0.1, -0.05) is 12.1 Å². The van der Waals surface area contributed by atoms with Gasteiger partial charge in [0, 0.05) is 11.6 Å². The van der Waals surface area contributed by atoms with E-state index in [1.807, 2.05) is 38.1 Å². The fourth-order valence-corrected chi connectivity index (χ4v) is 1.84. The minimum absolute atomic E-state index is 0.257. The number of pyridine rings is 1. The molecule has 0 aliphatic heterocycles. The number of aromatic nitrogens is 1. The van der Waals surface area contributed by atoms with Gasteiger partial charge in [0.05, 0.1) is 12.8 Å². The zero-order valence-corrected chi connectivity index (χ0v) is 11.5. The Hall–Kier alpha value is -2.56. The first-order valence-corrected chi connectivity index (χ1v) is 6.37. The van der Waals surface area contributed by atoms with Gasteiger partial charge in [0.25, 0.3) is 5.56 Å². The van der Waals surface area contributed by atoms with Gasteiger partial charge in [-0.25, -0.2) is 0 Å². The number of anilines is 1. The summed E-state index contributed by atoms with van der Waals surface area (Å²) in [7, 11) is 0. The van der Waals surface area contributed by atoms with Crippen LogP contribution in [0.3, 0.4) is 0 Å². The number of rotatable bonds is 4. The van der Waals surface area contributed by atoms with E-state index in [1.54, 1.807) is 12.3 Å². The van der Waals surface area contributed by atoms with E-state index in [1.165, 1.54) is 6.07 Å². The fraction of sp³-hybridized carbons (Fsp3) is 0.200. The number of nitrogens with two attached hydrogens (primary N) is 1. The van der Waals surface area contributed by atoms with E-state index in [2.05, 4.69) is 5.10 Å². The molecule has 0 saturated carbocycles. The molecule has 5 heteroatoms. The molecule has 1 aromatic heterocycles. The van der Waals surface area contributed by atoms with Crippen LogP contribution >= 0.6 is 0 Å². The molecule has 104 valence electrons. The van der Waals surface area contributed by atoms with Crippen LogP contribution in [0.5, 0.6) is 5.75 Å². The normalized spacial score (nSPS) is 10.9. The number of hydrogen-bond donors (Lipinski definition) is 1. The van der Waals surface area contributed by atoms with Crippen molar-refractivity contribution in [2.24, 2.45) is 5.10 Å². The molecule has 0 bridgehead atoms. The highest BCUT2D eigenvalue weighted by Crippen LogP contribution is 2.15. The monoisotopic (exact) mass is 271 g/mol. The lowest BCUT2D eigenvalue weighted by Crippen LogP contribution is -2.19. The summed E-state index contributed by atoms with van der Waals surface area (Å²) in [4.78, 5) is 11.8. The molecule has 0 saturated heterocycles. The lowest BCUT2D eigenvalue weighted by atomic mass is 10.2. The van der Waals surface area contributed by atoms with E-state index < -0.39 is 0 Å². The maximum absolute atomic E-state index is 11.8. The van der Waals surface area contributed by atoms with Crippen LogP contribution in [0.4, 0.5) is 5.82 Å². The summed E-state index contributed by atoms with van der Waals surface area (Å²) in [5, 5.41) is 4.13. The smallest absolute Gasteiger partial charge is 0.273 e. The summed E-state index contributed by atoms with van der Waals surface area (Å²) in [6, 6.07) is 10.7. The SMILES string of the molecule is CCOc1ccccc1/C=N\n1c(N)cc(C)cc1=O. The van der Waals surface area contributed by atoms with E-state index in [-0.39, 0.29) is 5.56 Å². The van der Waals surface area contributed by atoms with Crippen molar-refractivity contribution in [1.82, 2.24) is 4.68 Å². The lowest BCUT2D eigenvalue weighted by molar-refractivity contribution is 0.340. The number of ether oxygens (including phenoxy) is 1. The van der Waals surface area contributed by atoms with Crippen molar-refractivity contribution in [3.05, 3.63) is 57.9 Å². The zero-order valence-electron chi connectivity index (χ0n) is 11.5. The topological polar surface area (TPSA) is 69.6 Å². The van der Waals surface area contributed by atoms with Gasteiger partial charge in [-0.3, -0.25) is 4.79 Å². The van der Waals surface area contributed by atoms with Gasteiger partial charge in [0.2, 0.25) is 0 Å². The van der Waals surface area contributed by atoms with Gasteiger partial charge in [-0.2, -0.15) is 9.78 Å². The molecule has 0 aliphatic carbocycles. The Balaban J connectivity index is 2.37. The third kappa shape index (κ3) is 3.06. The Morgan fingerprint density at radius 1 is 1.35 bits per heavy atom. The third-order valence-corrected chi connectivity index (χ3v) is 2.71. The van der Waals surface area contributed by atoms with Crippen LogP contribution in [0.2, 0.25) is 0 Å². The van der Waals surface area contributed by atoms with Crippen molar-refractivity contribution in [1.29, 1.82) is 0 Å². The van der Waals surface area contributed by atoms with Crippen molar-refractivity contribution in [2.75, 3.05) is 12.3 Å². The van der Waals surface area contributed by atoms with Crippen LogP contribution in [0.25, 0.3) is 0 Å². The molecule has 2 N–H and O–H groups in total. The van der Waals surface area contributed by atoms with Crippen molar-refractivity contribution in [3.8, 4) is 5.75 Å². The minimum atomic E-state index is -0.257. The Labute approximate surface area is 117 Å².